The SMILES string of the molecule is CCOC(=O)C1=C(CN2CCN(C(=O)COC)[C@@H](C)C2)N(C)C(=O)N[C@H]1c1ccccc1Cl. The van der Waals surface area contributed by atoms with E-state index in [-0.39, 0.29) is 31.2 Å². The van der Waals surface area contributed by atoms with Crippen LogP contribution < -0.4 is 5.32 Å². The standard InChI is InChI=1S/C23H31ClN4O5/c1-5-33-22(30)20-18(13-27-10-11-28(15(2)12-27)19(29)14-32-4)26(3)23(31)25-21(20)16-8-6-7-9-17(16)24/h6-9,15,21H,5,10-14H2,1-4H3,(H,25,31)/t15-,21-/m0/s1. The van der Waals surface area contributed by atoms with Gasteiger partial charge >= 0.3 is 12.0 Å². The molecule has 1 fully saturated rings. The molecule has 1 saturated heterocycles. The number of esters is 1. The predicted molar refractivity (Wildman–Crippen MR) is 124 cm³/mol. The van der Waals surface area contributed by atoms with Crippen molar-refractivity contribution in [3.63, 3.8) is 0 Å². The second-order valence-electron chi connectivity index (χ2n) is 8.15. The van der Waals surface area contributed by atoms with Gasteiger partial charge in [-0.2, -0.15) is 0 Å². The average Bonchev–Trinajstić information content (AvgIpc) is 2.77. The summed E-state index contributed by atoms with van der Waals surface area (Å²) in [4.78, 5) is 43.6. The quantitative estimate of drug-likeness (QED) is 0.603. The van der Waals surface area contributed by atoms with Gasteiger partial charge in [-0.15, -0.1) is 0 Å². The second kappa shape index (κ2) is 11.0. The van der Waals surface area contributed by atoms with E-state index >= 15 is 0 Å². The van der Waals surface area contributed by atoms with E-state index in [0.717, 1.165) is 0 Å². The summed E-state index contributed by atoms with van der Waals surface area (Å²) >= 11 is 6.42. The normalized spacial score (nSPS) is 21.8. The van der Waals surface area contributed by atoms with Gasteiger partial charge in [0.05, 0.1) is 18.2 Å². The number of ether oxygens (including phenoxy) is 2. The molecule has 0 aliphatic carbocycles. The van der Waals surface area contributed by atoms with Crippen molar-refractivity contribution in [2.75, 3.05) is 53.6 Å². The van der Waals surface area contributed by atoms with Crippen LogP contribution in [0.2, 0.25) is 5.02 Å². The highest BCUT2D eigenvalue weighted by Gasteiger charge is 2.39. The Bertz CT molecular complexity index is 937. The summed E-state index contributed by atoms with van der Waals surface area (Å²) in [6.45, 7) is 6.07. The number of nitrogens with one attached hydrogen (secondary N) is 1. The molecule has 0 radical (unpaired) electrons. The van der Waals surface area contributed by atoms with Crippen molar-refractivity contribution >= 4 is 29.5 Å². The molecule has 2 aliphatic rings. The van der Waals surface area contributed by atoms with E-state index in [1.807, 2.05) is 13.0 Å². The minimum Gasteiger partial charge on any atom is -0.463 e. The number of hydrogen-bond donors (Lipinski definition) is 1. The van der Waals surface area contributed by atoms with Crippen molar-refractivity contribution in [1.82, 2.24) is 20.0 Å². The number of halogens is 1. The fourth-order valence-corrected chi connectivity index (χ4v) is 4.55. The van der Waals surface area contributed by atoms with Gasteiger partial charge in [0.15, 0.2) is 0 Å². The number of benzene rings is 1. The summed E-state index contributed by atoms with van der Waals surface area (Å²) < 4.78 is 10.4. The van der Waals surface area contributed by atoms with Gasteiger partial charge in [0.2, 0.25) is 5.91 Å². The number of piperazine rings is 1. The summed E-state index contributed by atoms with van der Waals surface area (Å²) in [6.07, 6.45) is 0. The number of hydrogen-bond acceptors (Lipinski definition) is 6. The minimum atomic E-state index is -0.724. The number of carbonyl (C=O) groups is 3. The van der Waals surface area contributed by atoms with E-state index < -0.39 is 12.0 Å². The summed E-state index contributed by atoms with van der Waals surface area (Å²) in [6, 6.07) is 6.03. The van der Waals surface area contributed by atoms with Crippen LogP contribution in [0, 0.1) is 0 Å². The second-order valence-corrected chi connectivity index (χ2v) is 8.56. The number of likely N-dealkylation sites (N-methyl/N-ethyl adjacent to an activating group) is 1. The number of carbonyl (C=O) groups excluding carboxylic acids is 3. The molecular weight excluding hydrogens is 448 g/mol. The third kappa shape index (κ3) is 5.48. The van der Waals surface area contributed by atoms with Crippen molar-refractivity contribution in [3.05, 3.63) is 46.1 Å². The van der Waals surface area contributed by atoms with Crippen LogP contribution in [-0.4, -0.2) is 92.2 Å². The van der Waals surface area contributed by atoms with Crippen molar-refractivity contribution in [3.8, 4) is 0 Å². The van der Waals surface area contributed by atoms with E-state index in [2.05, 4.69) is 10.2 Å². The number of urea groups is 1. The van der Waals surface area contributed by atoms with Crippen LogP contribution in [0.4, 0.5) is 4.79 Å². The molecule has 3 rings (SSSR count). The fourth-order valence-electron chi connectivity index (χ4n) is 4.31. The van der Waals surface area contributed by atoms with Crippen LogP contribution in [-0.2, 0) is 19.1 Å². The van der Waals surface area contributed by atoms with E-state index in [9.17, 15) is 14.4 Å². The molecule has 2 aliphatic heterocycles. The zero-order valence-electron chi connectivity index (χ0n) is 19.5. The van der Waals surface area contributed by atoms with Crippen LogP contribution in [0.1, 0.15) is 25.5 Å². The topological polar surface area (TPSA) is 91.4 Å². The summed E-state index contributed by atoms with van der Waals surface area (Å²) in [5.41, 5.74) is 1.55. The van der Waals surface area contributed by atoms with Crippen LogP contribution in [0.25, 0.3) is 0 Å². The Labute approximate surface area is 199 Å². The lowest BCUT2D eigenvalue weighted by Crippen LogP contribution is -2.56. The molecule has 1 N–H and O–H groups in total. The molecule has 180 valence electrons. The highest BCUT2D eigenvalue weighted by atomic mass is 35.5. The van der Waals surface area contributed by atoms with Crippen molar-refractivity contribution in [2.24, 2.45) is 0 Å². The molecule has 0 saturated carbocycles. The maximum absolute atomic E-state index is 13.1. The first-order chi connectivity index (χ1) is 15.8. The van der Waals surface area contributed by atoms with Gasteiger partial charge in [0, 0.05) is 57.1 Å². The lowest BCUT2D eigenvalue weighted by atomic mass is 9.94. The Morgan fingerprint density at radius 2 is 1.97 bits per heavy atom. The zero-order chi connectivity index (χ0) is 24.1. The molecule has 1 aromatic carbocycles. The number of amides is 3. The van der Waals surface area contributed by atoms with Crippen molar-refractivity contribution in [1.29, 1.82) is 0 Å². The van der Waals surface area contributed by atoms with E-state index in [0.29, 0.717) is 48.0 Å². The Morgan fingerprint density at radius 3 is 2.61 bits per heavy atom. The van der Waals surface area contributed by atoms with Gasteiger partial charge < -0.3 is 19.7 Å². The molecule has 0 unspecified atom stereocenters. The largest absolute Gasteiger partial charge is 0.463 e. The van der Waals surface area contributed by atoms with Crippen LogP contribution >= 0.6 is 11.6 Å². The molecule has 33 heavy (non-hydrogen) atoms. The highest BCUT2D eigenvalue weighted by Crippen LogP contribution is 2.34. The zero-order valence-corrected chi connectivity index (χ0v) is 20.2. The monoisotopic (exact) mass is 478 g/mol. The van der Waals surface area contributed by atoms with Gasteiger partial charge in [-0.25, -0.2) is 9.59 Å². The van der Waals surface area contributed by atoms with Crippen LogP contribution in [0.15, 0.2) is 35.5 Å². The summed E-state index contributed by atoms with van der Waals surface area (Å²) in [5.74, 6) is -0.546. The number of methoxy groups -OCH3 is 1. The third-order valence-corrected chi connectivity index (χ3v) is 6.31. The molecule has 2 atom stereocenters. The van der Waals surface area contributed by atoms with Crippen molar-refractivity contribution in [2.45, 2.75) is 25.9 Å². The molecule has 0 bridgehead atoms. The first kappa shape index (κ1) is 25.0. The smallest absolute Gasteiger partial charge is 0.338 e. The maximum Gasteiger partial charge on any atom is 0.338 e. The molecule has 3 amide bonds. The Hall–Kier alpha value is -2.62. The first-order valence-electron chi connectivity index (χ1n) is 11.0. The third-order valence-electron chi connectivity index (χ3n) is 5.96. The number of nitrogens with zero attached hydrogens (tertiary/aromatic N) is 3. The maximum atomic E-state index is 13.1. The molecule has 1 aromatic rings. The predicted octanol–water partition coefficient (Wildman–Crippen LogP) is 2.03. The first-order valence-corrected chi connectivity index (χ1v) is 11.4. The van der Waals surface area contributed by atoms with Gasteiger partial charge in [-0.3, -0.25) is 14.6 Å². The van der Waals surface area contributed by atoms with Gasteiger partial charge in [0.25, 0.3) is 0 Å². The molecule has 10 heteroatoms. The molecule has 0 aromatic heterocycles. The highest BCUT2D eigenvalue weighted by molar-refractivity contribution is 6.31. The average molecular weight is 479 g/mol. The van der Waals surface area contributed by atoms with Gasteiger partial charge in [0.1, 0.15) is 6.61 Å². The van der Waals surface area contributed by atoms with Crippen LogP contribution in [0.3, 0.4) is 0 Å². The molecule has 2 heterocycles. The Kier molecular flexibility index (Phi) is 8.34. The summed E-state index contributed by atoms with van der Waals surface area (Å²) in [5, 5.41) is 3.33. The Balaban J connectivity index is 1.94. The van der Waals surface area contributed by atoms with E-state index in [4.69, 9.17) is 21.1 Å². The molecule has 0 spiro atoms. The minimum absolute atomic E-state index is 0.0323. The fraction of sp³-hybridized carbons (Fsp3) is 0.522. The molecule has 9 nitrogen and oxygen atoms in total. The van der Waals surface area contributed by atoms with E-state index in [1.54, 1.807) is 37.1 Å². The van der Waals surface area contributed by atoms with Crippen LogP contribution in [0.5, 0.6) is 0 Å². The Morgan fingerprint density at radius 1 is 1.24 bits per heavy atom. The van der Waals surface area contributed by atoms with Crippen molar-refractivity contribution < 1.29 is 23.9 Å². The number of rotatable bonds is 7. The van der Waals surface area contributed by atoms with Gasteiger partial charge in [-0.05, 0) is 25.5 Å². The molecular formula is C23H31ClN4O5. The van der Waals surface area contributed by atoms with Gasteiger partial charge in [-0.1, -0.05) is 29.8 Å². The lowest BCUT2D eigenvalue weighted by molar-refractivity contribution is -0.139. The van der Waals surface area contributed by atoms with E-state index in [1.165, 1.54) is 12.0 Å². The summed E-state index contributed by atoms with van der Waals surface area (Å²) in [7, 11) is 3.13. The lowest BCUT2D eigenvalue weighted by Gasteiger charge is -2.42.